The van der Waals surface area contributed by atoms with Crippen molar-refractivity contribution in [3.05, 3.63) is 142 Å². The monoisotopic (exact) mass is 1230 g/mol. The Bertz CT molecular complexity index is 3870. The van der Waals surface area contributed by atoms with Crippen LogP contribution in [-0.4, -0.2) is 101 Å². The maximum atomic E-state index is 14.4. The first-order chi connectivity index (χ1) is 41.1. The number of thiocarbonyl (C=S) groups is 1. The maximum Gasteiger partial charge on any atom is 1.00 e. The fourth-order valence-electron chi connectivity index (χ4n) is 10.6. The van der Waals surface area contributed by atoms with E-state index in [1.165, 1.54) is 65.6 Å². The number of carboxylic acid groups (broad SMARTS) is 1. The number of amides is 6. The number of urea groups is 2. The van der Waals surface area contributed by atoms with Crippen LogP contribution in [0.2, 0.25) is 0 Å². The van der Waals surface area contributed by atoms with Gasteiger partial charge in [0.1, 0.15) is 24.7 Å². The molecule has 0 aliphatic carbocycles. The van der Waals surface area contributed by atoms with Crippen molar-refractivity contribution in [2.45, 2.75) is 115 Å². The number of rotatable bonds is 20. The number of benzene rings is 4. The third-order valence-corrected chi connectivity index (χ3v) is 16.6. The van der Waals surface area contributed by atoms with Crippen LogP contribution in [0.5, 0.6) is 0 Å². The molecule has 0 spiro atoms. The SMILES string of the molecule is CCCNC(=O)Nc1cccc(S(=O)(=O)Nc2cccc(C(CC(=O)[O-])NC(=O)Nc3ccc(NC(=S)N[C@@H](C)C(=O)N4CCC[C@H]4C(=O)N[C@H](C(=O)O[C@]4(CC)C(=O)OCc5c4cc4n(c5=O)Cc5cc6ccccc6nc5-4)C(C)C)cc3)c2)c1.[Na+]. The number of cyclic esters (lactones) is 1. The zero-order chi connectivity index (χ0) is 61.6. The number of hydrogen-bond acceptors (Lipinski definition) is 15. The molecule has 9 rings (SSSR count). The molecule has 1 saturated heterocycles. The molecule has 0 bridgehead atoms. The van der Waals surface area contributed by atoms with Crippen LogP contribution in [0.3, 0.4) is 0 Å². The summed E-state index contributed by atoms with van der Waals surface area (Å²) in [4.78, 5) is 114. The number of nitrogens with one attached hydrogen (secondary N) is 8. The van der Waals surface area contributed by atoms with E-state index in [4.69, 9.17) is 26.7 Å². The molecule has 87 heavy (non-hydrogen) atoms. The van der Waals surface area contributed by atoms with E-state index in [2.05, 4.69) is 41.9 Å². The second kappa shape index (κ2) is 27.5. The van der Waals surface area contributed by atoms with E-state index in [-0.39, 0.29) is 100 Å². The normalized spacial score (nSPS) is 16.7. The molecule has 0 saturated carbocycles. The molecular formula is C60H64N11NaO13S2. The fourth-order valence-corrected chi connectivity index (χ4v) is 12.0. The number of carboxylic acids is 1. The van der Waals surface area contributed by atoms with Crippen molar-refractivity contribution in [1.29, 1.82) is 0 Å². The Morgan fingerprint density at radius 2 is 1.53 bits per heavy atom. The minimum absolute atomic E-state index is 0. The second-order valence-corrected chi connectivity index (χ2v) is 23.5. The zero-order valence-corrected chi connectivity index (χ0v) is 52.2. The van der Waals surface area contributed by atoms with Gasteiger partial charge in [0.25, 0.3) is 15.6 Å². The van der Waals surface area contributed by atoms with Crippen molar-refractivity contribution in [2.75, 3.05) is 33.8 Å². The van der Waals surface area contributed by atoms with Crippen molar-refractivity contribution in [2.24, 2.45) is 5.92 Å². The average Bonchev–Trinajstić information content (AvgIpc) is 1.80. The van der Waals surface area contributed by atoms with Gasteiger partial charge in [-0.2, -0.15) is 0 Å². The summed E-state index contributed by atoms with van der Waals surface area (Å²) in [7, 11) is -4.20. The van der Waals surface area contributed by atoms with Crippen LogP contribution in [-0.2, 0) is 62.2 Å². The summed E-state index contributed by atoms with van der Waals surface area (Å²) < 4.78 is 42.5. The Morgan fingerprint density at radius 3 is 2.24 bits per heavy atom. The first-order valence-electron chi connectivity index (χ1n) is 28.0. The number of pyridine rings is 2. The predicted octanol–water partition coefficient (Wildman–Crippen LogP) is 2.48. The first-order valence-corrected chi connectivity index (χ1v) is 29.9. The van der Waals surface area contributed by atoms with E-state index in [1.54, 1.807) is 50.5 Å². The number of aromatic nitrogens is 2. The number of carbonyl (C=O) groups is 7. The van der Waals surface area contributed by atoms with Gasteiger partial charge in [0, 0.05) is 64.7 Å². The van der Waals surface area contributed by atoms with Crippen molar-refractivity contribution < 1.29 is 86.1 Å². The van der Waals surface area contributed by atoms with Crippen molar-refractivity contribution in [3.8, 4) is 11.4 Å². The van der Waals surface area contributed by atoms with Crippen molar-refractivity contribution in [3.63, 3.8) is 0 Å². The van der Waals surface area contributed by atoms with E-state index >= 15 is 0 Å². The number of likely N-dealkylation sites (tertiary alicyclic amines) is 1. The number of sulfonamides is 1. The van der Waals surface area contributed by atoms with E-state index in [0.29, 0.717) is 42.1 Å². The minimum Gasteiger partial charge on any atom is -0.550 e. The summed E-state index contributed by atoms with van der Waals surface area (Å²) in [6.07, 6.45) is 0.725. The molecule has 6 aromatic rings. The quantitative estimate of drug-likeness (QED) is 0.0309. The molecule has 2 aromatic heterocycles. The number of aliphatic carboxylic acids is 1. The van der Waals surface area contributed by atoms with Gasteiger partial charge in [0.05, 0.1) is 40.0 Å². The first kappa shape index (κ1) is 64.6. The van der Waals surface area contributed by atoms with Crippen LogP contribution in [0.25, 0.3) is 22.3 Å². The Kier molecular flexibility index (Phi) is 20.4. The summed E-state index contributed by atoms with van der Waals surface area (Å²) in [6, 6.07) is 23.2. The van der Waals surface area contributed by atoms with Gasteiger partial charge in [-0.3, -0.25) is 19.1 Å². The molecule has 3 aliphatic heterocycles. The third kappa shape index (κ3) is 14.5. The molecule has 27 heteroatoms. The van der Waals surface area contributed by atoms with Crippen LogP contribution in [0, 0.1) is 5.92 Å². The van der Waals surface area contributed by atoms with Crippen molar-refractivity contribution >= 4 is 103 Å². The summed E-state index contributed by atoms with van der Waals surface area (Å²) in [5.41, 5.74) is 1.80. The molecule has 1 fully saturated rings. The van der Waals surface area contributed by atoms with Gasteiger partial charge in [-0.15, -0.1) is 0 Å². The number of carbonyl (C=O) groups excluding carboxylic acids is 7. The van der Waals surface area contributed by atoms with Gasteiger partial charge in [0.2, 0.25) is 17.4 Å². The Balaban J connectivity index is 0.00000982. The van der Waals surface area contributed by atoms with E-state index in [9.17, 15) is 51.9 Å². The third-order valence-electron chi connectivity index (χ3n) is 15.0. The molecule has 0 radical (unpaired) electrons. The standard InChI is InChI=1S/C60H65N11O13S2.Na/c1-6-24-61-57(79)64-40-15-11-17-42(28-40)86(81,82)69-41-16-10-14-36(27-41)46(30-49(72)73)67-58(80)63-38-20-22-39(23-21-38)65-59(85)62-34(5)53(75)70-25-12-19-47(70)52(74)68-50(33(3)4)55(77)84-60(7-2)44-29-48-51-37(26-35-13-8-9-18-45(35)66-51)31-71(48)54(76)43(44)32-83-56(60)78;/h8-11,13-18,20-23,26-29,33-34,46-47,50,69H,6-7,12,19,24-25,30-32H2,1-5H3,(H,68,74)(H,72,73)(H2,61,64,79)(H2,62,65,85)(H2,63,67,80);/q;+1/p-1/t34-,46?,47-,50-,60-;/m0./s1. The van der Waals surface area contributed by atoms with Gasteiger partial charge in [-0.1, -0.05) is 64.1 Å². The van der Waals surface area contributed by atoms with Gasteiger partial charge in [-0.25, -0.2) is 32.6 Å². The number of para-hydroxylation sites is 1. The predicted molar refractivity (Wildman–Crippen MR) is 321 cm³/mol. The Morgan fingerprint density at radius 1 is 0.828 bits per heavy atom. The van der Waals surface area contributed by atoms with Gasteiger partial charge >= 0.3 is 53.6 Å². The molecule has 1 unspecified atom stereocenters. The topological polar surface area (TPSA) is 330 Å². The summed E-state index contributed by atoms with van der Waals surface area (Å²) in [6.45, 7) is 9.09. The molecule has 8 N–H and O–H groups in total. The van der Waals surface area contributed by atoms with Gasteiger partial charge in [0.15, 0.2) is 5.11 Å². The number of esters is 2. The van der Waals surface area contributed by atoms with Crippen LogP contribution >= 0.6 is 12.2 Å². The largest absolute Gasteiger partial charge is 1.00 e. The minimum atomic E-state index is -4.20. The summed E-state index contributed by atoms with van der Waals surface area (Å²) in [5.74, 6) is -4.90. The van der Waals surface area contributed by atoms with E-state index in [1.807, 2.05) is 37.3 Å². The van der Waals surface area contributed by atoms with Gasteiger partial charge in [-0.05, 0) is 129 Å². The second-order valence-electron chi connectivity index (χ2n) is 21.4. The number of hydrogen-bond donors (Lipinski definition) is 8. The number of nitrogens with zero attached hydrogens (tertiary/aromatic N) is 3. The molecule has 6 amide bonds. The van der Waals surface area contributed by atoms with Crippen LogP contribution in [0.4, 0.5) is 32.3 Å². The fraction of sp³-hybridized carbons (Fsp3) is 0.333. The smallest absolute Gasteiger partial charge is 0.550 e. The van der Waals surface area contributed by atoms with E-state index < -0.39 is 99.5 Å². The maximum absolute atomic E-state index is 14.4. The molecule has 4 aromatic carbocycles. The molecule has 3 aliphatic rings. The van der Waals surface area contributed by atoms with Crippen LogP contribution in [0.15, 0.2) is 119 Å². The summed E-state index contributed by atoms with van der Waals surface area (Å²) in [5, 5.41) is 32.0. The molecule has 5 heterocycles. The molecular weight excluding hydrogens is 1170 g/mol. The van der Waals surface area contributed by atoms with Crippen LogP contribution in [0.1, 0.15) is 95.0 Å². The summed E-state index contributed by atoms with van der Waals surface area (Å²) >= 11 is 5.55. The molecule has 5 atom stereocenters. The zero-order valence-electron chi connectivity index (χ0n) is 48.6. The van der Waals surface area contributed by atoms with E-state index in [0.717, 1.165) is 16.5 Å². The number of fused-ring (bicyclic) bond motifs is 5. The number of ether oxygens (including phenoxy) is 2. The number of anilines is 4. The Labute approximate surface area is 528 Å². The van der Waals surface area contributed by atoms with Gasteiger partial charge < -0.3 is 66.1 Å². The molecule has 450 valence electrons. The Hall–Kier alpha value is -8.43. The average molecular weight is 1230 g/mol. The van der Waals surface area contributed by atoms with Crippen molar-refractivity contribution in [1.82, 2.24) is 35.7 Å². The molecule has 24 nitrogen and oxygen atoms in total. The van der Waals surface area contributed by atoms with Crippen LogP contribution < -0.4 is 82.2 Å².